The highest BCUT2D eigenvalue weighted by molar-refractivity contribution is 5.74. The van der Waals surface area contributed by atoms with Crippen molar-refractivity contribution in [2.45, 2.75) is 38.3 Å². The van der Waals surface area contributed by atoms with Crippen LogP contribution in [0.3, 0.4) is 0 Å². The van der Waals surface area contributed by atoms with E-state index in [9.17, 15) is 4.79 Å². The van der Waals surface area contributed by atoms with Crippen LogP contribution in [0.2, 0.25) is 0 Å². The first-order valence-corrected chi connectivity index (χ1v) is 7.90. The Kier molecular flexibility index (Phi) is 5.77. The lowest BCUT2D eigenvalue weighted by molar-refractivity contribution is -0.122. The summed E-state index contributed by atoms with van der Waals surface area (Å²) < 4.78 is 5.84. The normalized spacial score (nSPS) is 13.3. The Labute approximate surface area is 137 Å². The fourth-order valence-electron chi connectivity index (χ4n) is 2.64. The Morgan fingerprint density at radius 2 is 1.65 bits per heavy atom. The number of ether oxygens (including phenoxy) is 1. The molecule has 0 bridgehead atoms. The highest BCUT2D eigenvalue weighted by Crippen LogP contribution is 2.23. The Hall–Kier alpha value is -2.33. The molecule has 4 nitrogen and oxygen atoms in total. The topological polar surface area (TPSA) is 78.3 Å². The third-order valence-electron chi connectivity index (χ3n) is 3.64. The third-order valence-corrected chi connectivity index (χ3v) is 3.64. The van der Waals surface area contributed by atoms with Crippen LogP contribution in [-0.2, 0) is 11.2 Å². The van der Waals surface area contributed by atoms with Crippen molar-refractivity contribution in [2.75, 3.05) is 0 Å². The predicted octanol–water partition coefficient (Wildman–Crippen LogP) is 2.99. The molecular weight excluding hydrogens is 288 g/mol. The summed E-state index contributed by atoms with van der Waals surface area (Å²) in [6.07, 6.45) is 2.26. The van der Waals surface area contributed by atoms with Gasteiger partial charge >= 0.3 is 0 Å². The molecule has 0 saturated carbocycles. The third kappa shape index (κ3) is 5.42. The van der Waals surface area contributed by atoms with Gasteiger partial charge in [-0.05, 0) is 29.7 Å². The second-order valence-corrected chi connectivity index (χ2v) is 5.87. The van der Waals surface area contributed by atoms with E-state index < -0.39 is 11.6 Å². The van der Waals surface area contributed by atoms with Gasteiger partial charge in [0.25, 0.3) is 0 Å². The van der Waals surface area contributed by atoms with Crippen LogP contribution in [-0.4, -0.2) is 11.6 Å². The van der Waals surface area contributed by atoms with Crippen LogP contribution in [0.5, 0.6) is 5.75 Å². The maximum atomic E-state index is 11.2. The van der Waals surface area contributed by atoms with E-state index in [1.807, 2.05) is 49.4 Å². The summed E-state index contributed by atoms with van der Waals surface area (Å²) in [7, 11) is 0. The van der Waals surface area contributed by atoms with Crippen molar-refractivity contribution < 1.29 is 9.53 Å². The van der Waals surface area contributed by atoms with Crippen molar-refractivity contribution in [3.8, 4) is 5.75 Å². The van der Waals surface area contributed by atoms with Gasteiger partial charge in [0.05, 0.1) is 6.42 Å². The number of nitrogens with two attached hydrogens (primary N) is 2. The Morgan fingerprint density at radius 3 is 2.22 bits per heavy atom. The molecule has 1 unspecified atom stereocenters. The minimum Gasteiger partial charge on any atom is -0.472 e. The smallest absolute Gasteiger partial charge is 0.222 e. The molecule has 0 fully saturated rings. The predicted molar refractivity (Wildman–Crippen MR) is 92.0 cm³/mol. The minimum absolute atomic E-state index is 0.00655. The highest BCUT2D eigenvalue weighted by Gasteiger charge is 2.28. The molecular formula is C19H24N2O2. The van der Waals surface area contributed by atoms with Gasteiger partial charge in [-0.1, -0.05) is 55.8 Å². The summed E-state index contributed by atoms with van der Waals surface area (Å²) in [5, 5.41) is 0. The van der Waals surface area contributed by atoms with Gasteiger partial charge in [0, 0.05) is 6.42 Å². The molecule has 0 spiro atoms. The van der Waals surface area contributed by atoms with E-state index in [0.717, 1.165) is 12.8 Å². The largest absolute Gasteiger partial charge is 0.472 e. The van der Waals surface area contributed by atoms with Gasteiger partial charge in [-0.15, -0.1) is 0 Å². The van der Waals surface area contributed by atoms with E-state index in [4.69, 9.17) is 16.2 Å². The zero-order valence-corrected chi connectivity index (χ0v) is 13.5. The van der Waals surface area contributed by atoms with Gasteiger partial charge in [0.1, 0.15) is 5.75 Å². The molecule has 0 aliphatic heterocycles. The van der Waals surface area contributed by atoms with Crippen LogP contribution in [0.25, 0.3) is 0 Å². The first-order chi connectivity index (χ1) is 11.0. The van der Waals surface area contributed by atoms with E-state index in [0.29, 0.717) is 12.2 Å². The van der Waals surface area contributed by atoms with E-state index in [1.165, 1.54) is 11.1 Å². The standard InChI is InChI=1S/C19H24N2O2/c1-2-12-19(21,14-18(20)22)23-17-10-8-16(9-11-17)13-15-6-4-3-5-7-15/h3-11H,2,12-14,21H2,1H3,(H2,20,22). The van der Waals surface area contributed by atoms with Crippen molar-refractivity contribution in [3.05, 3.63) is 65.7 Å². The molecule has 23 heavy (non-hydrogen) atoms. The quantitative estimate of drug-likeness (QED) is 0.736. The number of hydrogen-bond donors (Lipinski definition) is 2. The van der Waals surface area contributed by atoms with Gasteiger partial charge in [-0.25, -0.2) is 0 Å². The average molecular weight is 312 g/mol. The van der Waals surface area contributed by atoms with Gasteiger partial charge in [-0.3, -0.25) is 10.5 Å². The van der Waals surface area contributed by atoms with E-state index in [2.05, 4.69) is 12.1 Å². The van der Waals surface area contributed by atoms with E-state index >= 15 is 0 Å². The van der Waals surface area contributed by atoms with E-state index in [1.54, 1.807) is 0 Å². The number of carbonyl (C=O) groups excluding carboxylic acids is 1. The number of primary amides is 1. The van der Waals surface area contributed by atoms with Gasteiger partial charge in [0.15, 0.2) is 5.72 Å². The first-order valence-electron chi connectivity index (χ1n) is 7.90. The Morgan fingerprint density at radius 1 is 1.04 bits per heavy atom. The second kappa shape index (κ2) is 7.79. The van der Waals surface area contributed by atoms with Gasteiger partial charge < -0.3 is 10.5 Å². The fraction of sp³-hybridized carbons (Fsp3) is 0.316. The monoisotopic (exact) mass is 312 g/mol. The fourth-order valence-corrected chi connectivity index (χ4v) is 2.64. The number of hydrogen-bond acceptors (Lipinski definition) is 3. The lowest BCUT2D eigenvalue weighted by Crippen LogP contribution is -2.48. The molecule has 4 N–H and O–H groups in total. The minimum atomic E-state index is -1.04. The lowest BCUT2D eigenvalue weighted by atomic mass is 10.0. The summed E-state index contributed by atoms with van der Waals surface area (Å²) in [6.45, 7) is 1.99. The number of amides is 1. The van der Waals surface area contributed by atoms with Crippen LogP contribution in [0, 0.1) is 0 Å². The lowest BCUT2D eigenvalue weighted by Gasteiger charge is -2.29. The van der Waals surface area contributed by atoms with Crippen LogP contribution in [0.15, 0.2) is 54.6 Å². The average Bonchev–Trinajstić information content (AvgIpc) is 2.49. The van der Waals surface area contributed by atoms with Crippen LogP contribution >= 0.6 is 0 Å². The highest BCUT2D eigenvalue weighted by atomic mass is 16.5. The number of carbonyl (C=O) groups is 1. The Balaban J connectivity index is 2.04. The van der Waals surface area contributed by atoms with Crippen molar-refractivity contribution in [2.24, 2.45) is 11.5 Å². The summed E-state index contributed by atoms with van der Waals surface area (Å²) in [6, 6.07) is 18.1. The van der Waals surface area contributed by atoms with Crippen LogP contribution in [0.1, 0.15) is 37.3 Å². The molecule has 1 amide bonds. The van der Waals surface area contributed by atoms with Gasteiger partial charge in [0.2, 0.25) is 5.91 Å². The summed E-state index contributed by atoms with van der Waals surface area (Å²) in [5.41, 5.74) is 12.9. The SMILES string of the molecule is CCCC(N)(CC(N)=O)Oc1ccc(Cc2ccccc2)cc1. The molecule has 0 aliphatic carbocycles. The summed E-state index contributed by atoms with van der Waals surface area (Å²) in [5.74, 6) is 0.195. The molecule has 0 aromatic heterocycles. The van der Waals surface area contributed by atoms with Crippen LogP contribution < -0.4 is 16.2 Å². The summed E-state index contributed by atoms with van der Waals surface area (Å²) >= 11 is 0. The Bertz CT molecular complexity index is 626. The first kappa shape index (κ1) is 17.0. The van der Waals surface area contributed by atoms with Gasteiger partial charge in [-0.2, -0.15) is 0 Å². The maximum absolute atomic E-state index is 11.2. The molecule has 0 saturated heterocycles. The summed E-state index contributed by atoms with van der Waals surface area (Å²) in [4.78, 5) is 11.2. The van der Waals surface area contributed by atoms with Crippen molar-refractivity contribution in [1.82, 2.24) is 0 Å². The maximum Gasteiger partial charge on any atom is 0.222 e. The molecule has 0 heterocycles. The molecule has 2 rings (SSSR count). The molecule has 0 radical (unpaired) electrons. The number of rotatable bonds is 8. The van der Waals surface area contributed by atoms with Crippen molar-refractivity contribution >= 4 is 5.91 Å². The molecule has 1 atom stereocenters. The van der Waals surface area contributed by atoms with Crippen molar-refractivity contribution in [1.29, 1.82) is 0 Å². The molecule has 122 valence electrons. The second-order valence-electron chi connectivity index (χ2n) is 5.87. The molecule has 0 aliphatic rings. The zero-order chi connectivity index (χ0) is 16.7. The van der Waals surface area contributed by atoms with Crippen LogP contribution in [0.4, 0.5) is 0 Å². The molecule has 2 aromatic rings. The zero-order valence-electron chi connectivity index (χ0n) is 13.5. The molecule has 4 heteroatoms. The molecule has 2 aromatic carbocycles. The van der Waals surface area contributed by atoms with E-state index in [-0.39, 0.29) is 6.42 Å². The van der Waals surface area contributed by atoms with Crippen molar-refractivity contribution in [3.63, 3.8) is 0 Å². The number of benzene rings is 2.